The number of hydrogen-bond donors (Lipinski definition) is 0. The largest absolute Gasteiger partial charge is 0.378 e. The van der Waals surface area contributed by atoms with E-state index in [4.69, 9.17) is 4.74 Å². The van der Waals surface area contributed by atoms with Gasteiger partial charge in [-0.15, -0.1) is 0 Å². The Morgan fingerprint density at radius 2 is 1.85 bits per heavy atom. The van der Waals surface area contributed by atoms with Crippen molar-refractivity contribution in [1.82, 2.24) is 19.6 Å². The van der Waals surface area contributed by atoms with E-state index >= 15 is 0 Å². The van der Waals surface area contributed by atoms with Gasteiger partial charge in [-0.05, 0) is 17.7 Å². The number of carbonyl (C=O) groups is 2. The van der Waals surface area contributed by atoms with E-state index in [-0.39, 0.29) is 24.1 Å². The quantitative estimate of drug-likeness (QED) is 0.809. The third-order valence-corrected chi connectivity index (χ3v) is 4.97. The van der Waals surface area contributed by atoms with Crippen molar-refractivity contribution >= 4 is 11.8 Å². The van der Waals surface area contributed by atoms with E-state index in [0.717, 1.165) is 5.69 Å². The first-order valence-corrected chi connectivity index (χ1v) is 9.07. The second kappa shape index (κ2) is 7.48. The summed E-state index contributed by atoms with van der Waals surface area (Å²) < 4.78 is 20.8. The summed E-state index contributed by atoms with van der Waals surface area (Å²) >= 11 is 0. The molecule has 0 saturated carbocycles. The summed E-state index contributed by atoms with van der Waals surface area (Å²) in [5.74, 6) is -0.607. The number of amides is 2. The molecular formula is C19H21FN4O3. The minimum atomic E-state index is -0.369. The van der Waals surface area contributed by atoms with Gasteiger partial charge in [0.05, 0.1) is 38.4 Å². The number of morpholine rings is 1. The van der Waals surface area contributed by atoms with Crippen LogP contribution < -0.4 is 0 Å². The molecule has 0 aliphatic carbocycles. The monoisotopic (exact) mass is 372 g/mol. The molecule has 0 N–H and O–H groups in total. The number of halogens is 1. The number of fused-ring (bicyclic) bond motifs is 1. The highest BCUT2D eigenvalue weighted by Gasteiger charge is 2.26. The van der Waals surface area contributed by atoms with Gasteiger partial charge < -0.3 is 14.5 Å². The number of benzene rings is 1. The lowest BCUT2D eigenvalue weighted by molar-refractivity contribution is -0.132. The van der Waals surface area contributed by atoms with Crippen LogP contribution in [0.4, 0.5) is 4.39 Å². The van der Waals surface area contributed by atoms with Crippen molar-refractivity contribution in [3.8, 4) is 0 Å². The molecule has 27 heavy (non-hydrogen) atoms. The van der Waals surface area contributed by atoms with Crippen LogP contribution in [0.5, 0.6) is 0 Å². The Bertz CT molecular complexity index is 860. The smallest absolute Gasteiger partial charge is 0.274 e. The Hall–Kier alpha value is -2.74. The van der Waals surface area contributed by atoms with Gasteiger partial charge in [-0.1, -0.05) is 18.2 Å². The molecule has 0 atom stereocenters. The maximum Gasteiger partial charge on any atom is 0.274 e. The Balaban J connectivity index is 1.44. The minimum absolute atomic E-state index is 0.0282. The molecule has 1 saturated heterocycles. The zero-order valence-corrected chi connectivity index (χ0v) is 14.9. The molecule has 4 rings (SSSR count). The van der Waals surface area contributed by atoms with Crippen LogP contribution in [-0.4, -0.2) is 64.2 Å². The SMILES string of the molecule is O=C(Cc1ccccc1F)N1CCn2nc(C(=O)N3CCOCC3)cc2C1. The van der Waals surface area contributed by atoms with Crippen molar-refractivity contribution in [3.05, 3.63) is 53.1 Å². The first-order valence-electron chi connectivity index (χ1n) is 9.07. The van der Waals surface area contributed by atoms with Crippen molar-refractivity contribution in [1.29, 1.82) is 0 Å². The third-order valence-electron chi connectivity index (χ3n) is 4.97. The van der Waals surface area contributed by atoms with E-state index < -0.39 is 0 Å². The predicted octanol–water partition coefficient (Wildman–Crippen LogP) is 1.08. The van der Waals surface area contributed by atoms with Gasteiger partial charge in [-0.3, -0.25) is 14.3 Å². The highest BCUT2D eigenvalue weighted by molar-refractivity contribution is 5.92. The maximum absolute atomic E-state index is 13.8. The molecule has 2 aromatic rings. The van der Waals surface area contributed by atoms with Crippen molar-refractivity contribution in [2.24, 2.45) is 0 Å². The number of nitrogens with zero attached hydrogens (tertiary/aromatic N) is 4. The van der Waals surface area contributed by atoms with Crippen LogP contribution in [0.1, 0.15) is 21.7 Å². The van der Waals surface area contributed by atoms with Crippen LogP contribution in [0.3, 0.4) is 0 Å². The Morgan fingerprint density at radius 1 is 1.07 bits per heavy atom. The van der Waals surface area contributed by atoms with E-state index in [1.54, 1.807) is 38.7 Å². The zero-order chi connectivity index (χ0) is 18.8. The number of ether oxygens (including phenoxy) is 1. The number of aromatic nitrogens is 2. The van der Waals surface area contributed by atoms with Crippen LogP contribution in [0.25, 0.3) is 0 Å². The minimum Gasteiger partial charge on any atom is -0.378 e. The van der Waals surface area contributed by atoms with Gasteiger partial charge in [0.25, 0.3) is 5.91 Å². The Morgan fingerprint density at radius 3 is 2.63 bits per heavy atom. The summed E-state index contributed by atoms with van der Waals surface area (Å²) in [6.45, 7) is 3.59. The zero-order valence-electron chi connectivity index (χ0n) is 14.9. The lowest BCUT2D eigenvalue weighted by Gasteiger charge is -2.27. The van der Waals surface area contributed by atoms with Crippen LogP contribution in [-0.2, 0) is 29.0 Å². The van der Waals surface area contributed by atoms with E-state index in [2.05, 4.69) is 5.10 Å². The average molecular weight is 372 g/mol. The molecule has 8 heteroatoms. The predicted molar refractivity (Wildman–Crippen MR) is 94.5 cm³/mol. The number of carbonyl (C=O) groups excluding carboxylic acids is 2. The molecule has 2 aliphatic rings. The fraction of sp³-hybridized carbons (Fsp3) is 0.421. The van der Waals surface area contributed by atoms with Gasteiger partial charge in [-0.25, -0.2) is 4.39 Å². The lowest BCUT2D eigenvalue weighted by atomic mass is 10.1. The molecule has 2 amide bonds. The van der Waals surface area contributed by atoms with E-state index in [1.165, 1.54) is 6.07 Å². The highest BCUT2D eigenvalue weighted by atomic mass is 19.1. The molecule has 3 heterocycles. The van der Waals surface area contributed by atoms with E-state index in [1.807, 2.05) is 0 Å². The van der Waals surface area contributed by atoms with Crippen molar-refractivity contribution < 1.29 is 18.7 Å². The Labute approximate surface area is 156 Å². The summed E-state index contributed by atoms with van der Waals surface area (Å²) in [5, 5.41) is 4.40. The summed E-state index contributed by atoms with van der Waals surface area (Å²) in [7, 11) is 0. The maximum atomic E-state index is 13.8. The summed E-state index contributed by atoms with van der Waals surface area (Å²) in [4.78, 5) is 28.6. The summed E-state index contributed by atoms with van der Waals surface area (Å²) in [5.41, 5.74) is 1.61. The molecular weight excluding hydrogens is 351 g/mol. The van der Waals surface area contributed by atoms with Crippen LogP contribution in [0.2, 0.25) is 0 Å². The second-order valence-electron chi connectivity index (χ2n) is 6.73. The van der Waals surface area contributed by atoms with Crippen molar-refractivity contribution in [2.45, 2.75) is 19.5 Å². The molecule has 7 nitrogen and oxygen atoms in total. The first kappa shape index (κ1) is 17.7. The fourth-order valence-corrected chi connectivity index (χ4v) is 3.43. The molecule has 2 aliphatic heterocycles. The lowest BCUT2D eigenvalue weighted by Crippen LogP contribution is -2.41. The van der Waals surface area contributed by atoms with Crippen molar-refractivity contribution in [2.75, 3.05) is 32.8 Å². The van der Waals surface area contributed by atoms with Gasteiger partial charge in [-0.2, -0.15) is 5.10 Å². The summed E-state index contributed by atoms with van der Waals surface area (Å²) in [6.07, 6.45) is 0.0282. The standard InChI is InChI=1S/C19H21FN4O3/c20-16-4-2-1-3-14(16)11-18(25)23-5-6-24-15(13-23)12-17(21-24)19(26)22-7-9-27-10-8-22/h1-4,12H,5-11,13H2. The molecule has 0 unspecified atom stereocenters. The fourth-order valence-electron chi connectivity index (χ4n) is 3.43. The third kappa shape index (κ3) is 3.71. The van der Waals surface area contributed by atoms with Gasteiger partial charge in [0.2, 0.25) is 5.91 Å². The highest BCUT2D eigenvalue weighted by Crippen LogP contribution is 2.17. The van der Waals surface area contributed by atoms with Crippen molar-refractivity contribution in [3.63, 3.8) is 0 Å². The summed E-state index contributed by atoms with van der Waals surface area (Å²) in [6, 6.07) is 8.06. The van der Waals surface area contributed by atoms with Crippen LogP contribution >= 0.6 is 0 Å². The average Bonchev–Trinajstić information content (AvgIpc) is 3.13. The Kier molecular flexibility index (Phi) is 4.89. The molecule has 1 fully saturated rings. The van der Waals surface area contributed by atoms with Gasteiger partial charge in [0.15, 0.2) is 5.69 Å². The first-order chi connectivity index (χ1) is 13.1. The number of hydrogen-bond acceptors (Lipinski definition) is 4. The topological polar surface area (TPSA) is 67.7 Å². The molecule has 0 bridgehead atoms. The molecule has 1 aromatic heterocycles. The van der Waals surface area contributed by atoms with Gasteiger partial charge in [0.1, 0.15) is 5.82 Å². The van der Waals surface area contributed by atoms with E-state index in [0.29, 0.717) is 57.2 Å². The van der Waals surface area contributed by atoms with Crippen LogP contribution in [0, 0.1) is 5.82 Å². The van der Waals surface area contributed by atoms with E-state index in [9.17, 15) is 14.0 Å². The van der Waals surface area contributed by atoms with Gasteiger partial charge >= 0.3 is 0 Å². The molecule has 0 spiro atoms. The molecule has 0 radical (unpaired) electrons. The molecule has 1 aromatic carbocycles. The van der Waals surface area contributed by atoms with Gasteiger partial charge in [0, 0.05) is 19.6 Å². The second-order valence-corrected chi connectivity index (χ2v) is 6.73. The number of rotatable bonds is 3. The normalized spacial score (nSPS) is 16.9. The van der Waals surface area contributed by atoms with Crippen LogP contribution in [0.15, 0.2) is 30.3 Å². The molecule has 142 valence electrons.